The molecule has 13 heavy (non-hydrogen) atoms. The van der Waals surface area contributed by atoms with E-state index < -0.39 is 0 Å². The van der Waals surface area contributed by atoms with Crippen LogP contribution in [0.5, 0.6) is 5.75 Å². The Morgan fingerprint density at radius 3 is 2.62 bits per heavy atom. The molecule has 3 heteroatoms. The van der Waals surface area contributed by atoms with Gasteiger partial charge in [-0.05, 0) is 26.2 Å². The number of fused-ring (bicyclic) bond motifs is 1. The normalized spacial score (nSPS) is 20.3. The maximum atomic E-state index is 5.73. The zero-order chi connectivity index (χ0) is 9.42. The summed E-state index contributed by atoms with van der Waals surface area (Å²) >= 11 is 0. The molecule has 0 fully saturated rings. The Balaban J connectivity index is 2.32. The third kappa shape index (κ3) is 1.25. The van der Waals surface area contributed by atoms with Crippen molar-refractivity contribution >= 4 is 5.69 Å². The van der Waals surface area contributed by atoms with Crippen LogP contribution in [0.2, 0.25) is 0 Å². The molecule has 0 saturated carbocycles. The van der Waals surface area contributed by atoms with Crippen LogP contribution in [0.3, 0.4) is 0 Å². The van der Waals surface area contributed by atoms with Gasteiger partial charge >= 0.3 is 0 Å². The molecule has 1 aliphatic heterocycles. The van der Waals surface area contributed by atoms with E-state index in [9.17, 15) is 0 Å². The van der Waals surface area contributed by atoms with E-state index in [1.165, 1.54) is 0 Å². The Morgan fingerprint density at radius 1 is 1.31 bits per heavy atom. The second-order valence-electron chi connectivity index (χ2n) is 3.49. The Morgan fingerprint density at radius 2 is 2.00 bits per heavy atom. The van der Waals surface area contributed by atoms with Gasteiger partial charge in [0.25, 0.3) is 0 Å². The highest BCUT2D eigenvalue weighted by Gasteiger charge is 2.28. The summed E-state index contributed by atoms with van der Waals surface area (Å²) in [5, 5.41) is 0. The Kier molecular flexibility index (Phi) is 1.88. The highest BCUT2D eigenvalue weighted by molar-refractivity contribution is 5.61. The third-order valence-electron chi connectivity index (χ3n) is 2.25. The molecule has 0 spiro atoms. The van der Waals surface area contributed by atoms with Crippen molar-refractivity contribution in [1.82, 2.24) is 4.90 Å². The van der Waals surface area contributed by atoms with Crippen molar-refractivity contribution in [2.75, 3.05) is 26.0 Å². The van der Waals surface area contributed by atoms with E-state index in [0.29, 0.717) is 0 Å². The van der Waals surface area contributed by atoms with Crippen LogP contribution in [-0.2, 0) is 0 Å². The molecule has 1 aliphatic rings. The van der Waals surface area contributed by atoms with Crippen LogP contribution >= 0.6 is 0 Å². The van der Waals surface area contributed by atoms with Crippen LogP contribution < -0.4 is 9.64 Å². The maximum Gasteiger partial charge on any atom is 0.232 e. The fraction of sp³-hybridized carbons (Fsp3) is 0.400. The lowest BCUT2D eigenvalue weighted by molar-refractivity contribution is 0.0844. The standard InChI is InChI=1S/C10H14N2O/c1-11(2)10-12(3)8-6-4-5-7-9(8)13-10/h4-7,10H,1-3H3. The molecule has 1 unspecified atom stereocenters. The van der Waals surface area contributed by atoms with E-state index >= 15 is 0 Å². The molecule has 0 bridgehead atoms. The first-order valence-corrected chi connectivity index (χ1v) is 4.35. The van der Waals surface area contributed by atoms with Gasteiger partial charge in [-0.1, -0.05) is 12.1 Å². The van der Waals surface area contributed by atoms with Gasteiger partial charge in [-0.2, -0.15) is 0 Å². The predicted molar refractivity (Wildman–Crippen MR) is 52.9 cm³/mol. The smallest absolute Gasteiger partial charge is 0.232 e. The highest BCUT2D eigenvalue weighted by Crippen LogP contribution is 2.35. The number of hydrogen-bond donors (Lipinski definition) is 0. The quantitative estimate of drug-likeness (QED) is 0.645. The van der Waals surface area contributed by atoms with Crippen LogP contribution in [0.25, 0.3) is 0 Å². The van der Waals surface area contributed by atoms with Gasteiger partial charge < -0.3 is 9.64 Å². The first-order chi connectivity index (χ1) is 6.20. The molecule has 0 N–H and O–H groups in total. The average Bonchev–Trinajstić information content (AvgIpc) is 2.45. The molecule has 1 heterocycles. The lowest BCUT2D eigenvalue weighted by Crippen LogP contribution is -2.43. The van der Waals surface area contributed by atoms with E-state index in [4.69, 9.17) is 4.74 Å². The van der Waals surface area contributed by atoms with Gasteiger partial charge in [0, 0.05) is 7.05 Å². The van der Waals surface area contributed by atoms with E-state index in [0.717, 1.165) is 11.4 Å². The van der Waals surface area contributed by atoms with Crippen LogP contribution in [0.4, 0.5) is 5.69 Å². The monoisotopic (exact) mass is 178 g/mol. The minimum Gasteiger partial charge on any atom is -0.455 e. The fourth-order valence-electron chi connectivity index (χ4n) is 1.61. The molecule has 0 radical (unpaired) electrons. The number of benzene rings is 1. The van der Waals surface area contributed by atoms with E-state index in [-0.39, 0.29) is 6.35 Å². The molecular weight excluding hydrogens is 164 g/mol. The lowest BCUT2D eigenvalue weighted by Gasteiger charge is -2.25. The number of anilines is 1. The van der Waals surface area contributed by atoms with E-state index in [1.807, 2.05) is 44.2 Å². The summed E-state index contributed by atoms with van der Waals surface area (Å²) in [7, 11) is 6.05. The summed E-state index contributed by atoms with van der Waals surface area (Å²) in [5.74, 6) is 0.962. The summed E-state index contributed by atoms with van der Waals surface area (Å²) < 4.78 is 5.73. The van der Waals surface area contributed by atoms with Crippen LogP contribution in [-0.4, -0.2) is 32.4 Å². The van der Waals surface area contributed by atoms with E-state index in [1.54, 1.807) is 0 Å². The van der Waals surface area contributed by atoms with Crippen LogP contribution in [0.15, 0.2) is 24.3 Å². The summed E-state index contributed by atoms with van der Waals surface area (Å²) in [6.45, 7) is 0. The summed E-state index contributed by atoms with van der Waals surface area (Å²) in [5.41, 5.74) is 1.15. The summed E-state index contributed by atoms with van der Waals surface area (Å²) in [4.78, 5) is 4.16. The topological polar surface area (TPSA) is 15.7 Å². The Bertz CT molecular complexity index is 312. The molecule has 1 atom stereocenters. The second-order valence-corrected chi connectivity index (χ2v) is 3.49. The molecule has 3 nitrogen and oxygen atoms in total. The van der Waals surface area contributed by atoms with Crippen molar-refractivity contribution in [3.05, 3.63) is 24.3 Å². The molecule has 0 saturated heterocycles. The number of rotatable bonds is 1. The first-order valence-electron chi connectivity index (χ1n) is 4.35. The zero-order valence-electron chi connectivity index (χ0n) is 8.19. The average molecular weight is 178 g/mol. The molecule has 70 valence electrons. The highest BCUT2D eigenvalue weighted by atomic mass is 16.5. The van der Waals surface area contributed by atoms with Crippen molar-refractivity contribution in [1.29, 1.82) is 0 Å². The summed E-state index contributed by atoms with van der Waals surface area (Å²) in [6, 6.07) is 8.08. The Hall–Kier alpha value is -1.22. The number of hydrogen-bond acceptors (Lipinski definition) is 3. The zero-order valence-corrected chi connectivity index (χ0v) is 8.19. The van der Waals surface area contributed by atoms with E-state index in [2.05, 4.69) is 11.0 Å². The van der Waals surface area contributed by atoms with Gasteiger partial charge in [-0.15, -0.1) is 0 Å². The Labute approximate surface area is 78.5 Å². The van der Waals surface area contributed by atoms with Gasteiger partial charge in [-0.25, -0.2) is 0 Å². The third-order valence-corrected chi connectivity index (χ3v) is 2.25. The first kappa shape index (κ1) is 8.38. The minimum atomic E-state index is 0.0254. The minimum absolute atomic E-state index is 0.0254. The molecule has 1 aromatic rings. The maximum absolute atomic E-state index is 5.73. The van der Waals surface area contributed by atoms with Crippen LogP contribution in [0, 0.1) is 0 Å². The molecule has 2 rings (SSSR count). The van der Waals surface area contributed by atoms with Gasteiger partial charge in [-0.3, -0.25) is 4.90 Å². The number of nitrogens with zero attached hydrogens (tertiary/aromatic N) is 2. The summed E-state index contributed by atoms with van der Waals surface area (Å²) in [6.07, 6.45) is 0.0254. The van der Waals surface area contributed by atoms with Crippen molar-refractivity contribution in [3.8, 4) is 5.75 Å². The fourth-order valence-corrected chi connectivity index (χ4v) is 1.61. The predicted octanol–water partition coefficient (Wildman–Crippen LogP) is 1.36. The van der Waals surface area contributed by atoms with Crippen molar-refractivity contribution < 1.29 is 4.74 Å². The van der Waals surface area contributed by atoms with Crippen molar-refractivity contribution in [2.45, 2.75) is 6.35 Å². The van der Waals surface area contributed by atoms with Crippen molar-refractivity contribution in [2.24, 2.45) is 0 Å². The molecule has 0 amide bonds. The van der Waals surface area contributed by atoms with Gasteiger partial charge in [0.1, 0.15) is 5.75 Å². The molecule has 1 aromatic carbocycles. The van der Waals surface area contributed by atoms with Gasteiger partial charge in [0.05, 0.1) is 5.69 Å². The second kappa shape index (κ2) is 2.92. The number of para-hydroxylation sites is 2. The largest absolute Gasteiger partial charge is 0.455 e. The number of ether oxygens (including phenoxy) is 1. The lowest BCUT2D eigenvalue weighted by atomic mass is 10.3. The molecule has 0 aromatic heterocycles. The molecule has 0 aliphatic carbocycles. The van der Waals surface area contributed by atoms with Gasteiger partial charge in [0.2, 0.25) is 6.35 Å². The van der Waals surface area contributed by atoms with Crippen LogP contribution in [0.1, 0.15) is 0 Å². The molecular formula is C10H14N2O. The SMILES string of the molecule is CN(C)C1Oc2ccccc2N1C. The van der Waals surface area contributed by atoms with Crippen molar-refractivity contribution in [3.63, 3.8) is 0 Å². The van der Waals surface area contributed by atoms with Gasteiger partial charge in [0.15, 0.2) is 0 Å².